The topological polar surface area (TPSA) is 48.9 Å². The fraction of sp³-hybridized carbons (Fsp3) is 0.636. The van der Waals surface area contributed by atoms with Crippen LogP contribution in [-0.4, -0.2) is 10.5 Å². The molecule has 1 aromatic rings. The number of aliphatic carboxylic acids is 1. The lowest BCUT2D eigenvalue weighted by molar-refractivity contribution is -0.703. The molecule has 0 amide bonds. The van der Waals surface area contributed by atoms with Gasteiger partial charge >= 0.3 is 0 Å². The molecule has 1 aromatic heterocycles. The Hall–Kier alpha value is -1.32. The van der Waals surface area contributed by atoms with Crippen LogP contribution in [0, 0.1) is 0 Å². The maximum Gasteiger partial charge on any atom is 0.256 e. The first-order valence-electron chi connectivity index (χ1n) is 5.46. The molecule has 0 aliphatic carbocycles. The van der Waals surface area contributed by atoms with E-state index in [1.54, 1.807) is 0 Å². The monoisotopic (exact) mass is 210 g/mol. The van der Waals surface area contributed by atoms with E-state index in [1.165, 1.54) is 5.82 Å². The van der Waals surface area contributed by atoms with Crippen LogP contribution in [0.3, 0.4) is 0 Å². The largest absolute Gasteiger partial charge is 0.550 e. The minimum absolute atomic E-state index is 0.0785. The number of hydrogen-bond donors (Lipinski definition) is 0. The van der Waals surface area contributed by atoms with E-state index in [4.69, 9.17) is 0 Å². The van der Waals surface area contributed by atoms with Gasteiger partial charge in [-0.25, -0.2) is 9.13 Å². The van der Waals surface area contributed by atoms with E-state index in [-0.39, 0.29) is 6.42 Å². The molecule has 0 aliphatic rings. The summed E-state index contributed by atoms with van der Waals surface area (Å²) in [6.45, 7) is 5.64. The van der Waals surface area contributed by atoms with Crippen LogP contribution < -0.4 is 9.67 Å². The van der Waals surface area contributed by atoms with Gasteiger partial charge in [0.1, 0.15) is 12.4 Å². The Balaban J connectivity index is 2.77. The highest BCUT2D eigenvalue weighted by Crippen LogP contribution is 2.00. The quantitative estimate of drug-likeness (QED) is 0.615. The first-order valence-corrected chi connectivity index (χ1v) is 5.46. The number of nitrogens with zero attached hydrogens (tertiary/aromatic N) is 2. The average Bonchev–Trinajstić information content (AvgIpc) is 2.58. The van der Waals surface area contributed by atoms with Crippen LogP contribution in [0.1, 0.15) is 32.5 Å². The molecule has 0 unspecified atom stereocenters. The highest BCUT2D eigenvalue weighted by molar-refractivity contribution is 5.63. The lowest BCUT2D eigenvalue weighted by atomic mass is 10.3. The number of carbonyl (C=O) groups is 1. The number of rotatable bonds is 6. The Labute approximate surface area is 90.2 Å². The van der Waals surface area contributed by atoms with Crippen molar-refractivity contribution in [1.29, 1.82) is 0 Å². The zero-order valence-electron chi connectivity index (χ0n) is 9.40. The summed E-state index contributed by atoms with van der Waals surface area (Å²) in [6.07, 6.45) is 6.07. The van der Waals surface area contributed by atoms with Crippen LogP contribution in [0.15, 0.2) is 12.4 Å². The van der Waals surface area contributed by atoms with Crippen LogP contribution in [0.25, 0.3) is 0 Å². The molecule has 0 N–H and O–H groups in total. The molecule has 0 aromatic carbocycles. The lowest BCUT2D eigenvalue weighted by Crippen LogP contribution is -2.40. The summed E-state index contributed by atoms with van der Waals surface area (Å²) >= 11 is 0. The molecule has 0 fully saturated rings. The number of carboxylic acid groups (broad SMARTS) is 1. The predicted molar refractivity (Wildman–Crippen MR) is 53.9 cm³/mol. The Kier molecular flexibility index (Phi) is 4.34. The molecule has 4 heteroatoms. The first kappa shape index (κ1) is 11.8. The fourth-order valence-corrected chi connectivity index (χ4v) is 1.71. The fourth-order valence-electron chi connectivity index (χ4n) is 1.71. The van der Waals surface area contributed by atoms with Crippen molar-refractivity contribution >= 4 is 5.97 Å². The third-order valence-electron chi connectivity index (χ3n) is 2.46. The number of carbonyl (C=O) groups excluding carboxylic acids is 1. The first-order chi connectivity index (χ1) is 7.19. The molecule has 0 saturated carbocycles. The SMILES string of the molecule is CCCc1n(CC)cc[n+]1CCC(=O)[O-]. The van der Waals surface area contributed by atoms with Gasteiger partial charge in [-0.2, -0.15) is 0 Å². The van der Waals surface area contributed by atoms with E-state index < -0.39 is 5.97 Å². The van der Waals surface area contributed by atoms with E-state index >= 15 is 0 Å². The summed E-state index contributed by atoms with van der Waals surface area (Å²) in [5.41, 5.74) is 0. The van der Waals surface area contributed by atoms with Gasteiger partial charge in [-0.15, -0.1) is 0 Å². The summed E-state index contributed by atoms with van der Waals surface area (Å²) in [6, 6.07) is 0. The second-order valence-electron chi connectivity index (χ2n) is 3.57. The van der Waals surface area contributed by atoms with Gasteiger partial charge in [0.05, 0.1) is 13.1 Å². The van der Waals surface area contributed by atoms with E-state index in [0.29, 0.717) is 6.54 Å². The van der Waals surface area contributed by atoms with Crippen molar-refractivity contribution in [1.82, 2.24) is 4.57 Å². The van der Waals surface area contributed by atoms with Crippen molar-refractivity contribution in [3.05, 3.63) is 18.2 Å². The summed E-state index contributed by atoms with van der Waals surface area (Å²) in [4.78, 5) is 10.4. The molecule has 0 spiro atoms. The number of aryl methyl sites for hydroxylation is 2. The summed E-state index contributed by atoms with van der Waals surface area (Å²) < 4.78 is 4.15. The molecule has 1 rings (SSSR count). The number of hydrogen-bond acceptors (Lipinski definition) is 2. The molecule has 84 valence electrons. The van der Waals surface area contributed by atoms with Gasteiger partial charge in [-0.3, -0.25) is 0 Å². The van der Waals surface area contributed by atoms with Crippen LogP contribution in [0.4, 0.5) is 0 Å². The number of imidazole rings is 1. The zero-order chi connectivity index (χ0) is 11.3. The Morgan fingerprint density at radius 3 is 2.80 bits per heavy atom. The average molecular weight is 210 g/mol. The van der Waals surface area contributed by atoms with Crippen LogP contribution >= 0.6 is 0 Å². The van der Waals surface area contributed by atoms with Gasteiger partial charge in [0.15, 0.2) is 0 Å². The molecular formula is C11H18N2O2. The van der Waals surface area contributed by atoms with Gasteiger partial charge in [-0.1, -0.05) is 6.92 Å². The number of carboxylic acids is 1. The van der Waals surface area contributed by atoms with E-state index in [1.807, 2.05) is 17.0 Å². The third kappa shape index (κ3) is 3.08. The normalized spacial score (nSPS) is 10.5. The maximum absolute atomic E-state index is 10.4. The summed E-state index contributed by atoms with van der Waals surface area (Å²) in [5.74, 6) is 0.204. The van der Waals surface area contributed by atoms with Crippen molar-refractivity contribution < 1.29 is 14.5 Å². The number of aromatic nitrogens is 2. The minimum Gasteiger partial charge on any atom is -0.550 e. The Morgan fingerprint density at radius 1 is 1.53 bits per heavy atom. The van der Waals surface area contributed by atoms with Crippen LogP contribution in [-0.2, 0) is 24.3 Å². The summed E-state index contributed by atoms with van der Waals surface area (Å²) in [5, 5.41) is 10.4. The van der Waals surface area contributed by atoms with Crippen molar-refractivity contribution in [3.8, 4) is 0 Å². The van der Waals surface area contributed by atoms with Crippen LogP contribution in [0.2, 0.25) is 0 Å². The third-order valence-corrected chi connectivity index (χ3v) is 2.46. The second-order valence-corrected chi connectivity index (χ2v) is 3.57. The van der Waals surface area contributed by atoms with Crippen molar-refractivity contribution in [2.24, 2.45) is 0 Å². The van der Waals surface area contributed by atoms with Gasteiger partial charge in [0.2, 0.25) is 0 Å². The smallest absolute Gasteiger partial charge is 0.256 e. The van der Waals surface area contributed by atoms with Gasteiger partial charge < -0.3 is 9.90 Å². The molecule has 0 radical (unpaired) electrons. The van der Waals surface area contributed by atoms with Gasteiger partial charge in [0.25, 0.3) is 5.82 Å². The molecule has 0 bridgehead atoms. The van der Waals surface area contributed by atoms with Gasteiger partial charge in [-0.05, 0) is 13.3 Å². The van der Waals surface area contributed by atoms with Gasteiger partial charge in [0, 0.05) is 18.8 Å². The predicted octanol–water partition coefficient (Wildman–Crippen LogP) is -0.112. The highest BCUT2D eigenvalue weighted by atomic mass is 16.4. The molecule has 4 nitrogen and oxygen atoms in total. The van der Waals surface area contributed by atoms with Crippen LogP contribution in [0.5, 0.6) is 0 Å². The van der Waals surface area contributed by atoms with E-state index in [0.717, 1.165) is 19.4 Å². The molecule has 15 heavy (non-hydrogen) atoms. The molecule has 0 saturated heterocycles. The van der Waals surface area contributed by atoms with Crippen molar-refractivity contribution in [2.45, 2.75) is 46.2 Å². The maximum atomic E-state index is 10.4. The van der Waals surface area contributed by atoms with Crippen molar-refractivity contribution in [3.63, 3.8) is 0 Å². The van der Waals surface area contributed by atoms with E-state index in [2.05, 4.69) is 18.4 Å². The molecule has 1 heterocycles. The Bertz CT molecular complexity index is 331. The molecule has 0 atom stereocenters. The van der Waals surface area contributed by atoms with Crippen molar-refractivity contribution in [2.75, 3.05) is 0 Å². The molecule has 0 aliphatic heterocycles. The zero-order valence-corrected chi connectivity index (χ0v) is 9.40. The van der Waals surface area contributed by atoms with E-state index in [9.17, 15) is 9.90 Å². The standard InChI is InChI=1S/C11H18N2O2/c1-3-5-10-12(4-2)8-9-13(10)7-6-11(14)15/h8-9H,3-7H2,1-2H3. The second kappa shape index (κ2) is 5.53. The minimum atomic E-state index is -0.991. The Morgan fingerprint density at radius 2 is 2.27 bits per heavy atom. The molecular weight excluding hydrogens is 192 g/mol. The highest BCUT2D eigenvalue weighted by Gasteiger charge is 2.14. The summed E-state index contributed by atoms with van der Waals surface area (Å²) in [7, 11) is 0. The lowest BCUT2D eigenvalue weighted by Gasteiger charge is -2.03.